The van der Waals surface area contributed by atoms with Gasteiger partial charge in [0.05, 0.1) is 5.69 Å². The maximum Gasteiger partial charge on any atom is 0.273 e. The van der Waals surface area contributed by atoms with Crippen LogP contribution in [0.5, 0.6) is 0 Å². The molecule has 9 heteroatoms. The number of rotatable bonds is 8. The summed E-state index contributed by atoms with van der Waals surface area (Å²) in [7, 11) is 0. The Bertz CT molecular complexity index is 835. The number of nitrogens with two attached hydrogens (primary N) is 1. The number of nitrogens with one attached hydrogen (secondary N) is 1. The van der Waals surface area contributed by atoms with Crippen molar-refractivity contribution in [1.29, 1.82) is 0 Å². The van der Waals surface area contributed by atoms with Crippen molar-refractivity contribution in [1.82, 2.24) is 10.2 Å². The molecule has 1 aromatic carbocycles. The Morgan fingerprint density at radius 3 is 2.74 bits per heavy atom. The lowest BCUT2D eigenvalue weighted by Gasteiger charge is -2.20. The average molecular weight is 386 g/mol. The Hall–Kier alpha value is -2.81. The van der Waals surface area contributed by atoms with Crippen LogP contribution in [0.1, 0.15) is 37.6 Å². The first-order valence-electron chi connectivity index (χ1n) is 8.93. The summed E-state index contributed by atoms with van der Waals surface area (Å²) in [6.45, 7) is 2.14. The van der Waals surface area contributed by atoms with Crippen molar-refractivity contribution < 1.29 is 9.59 Å². The molecule has 3 N–H and O–H groups in total. The number of aromatic nitrogens is 2. The molecule has 2 heterocycles. The lowest BCUT2D eigenvalue weighted by Crippen LogP contribution is -2.39. The number of para-hydroxylation sites is 1. The zero-order valence-electron chi connectivity index (χ0n) is 15.1. The predicted molar refractivity (Wildman–Crippen MR) is 106 cm³/mol. The molecule has 2 amide bonds. The van der Waals surface area contributed by atoms with Gasteiger partial charge in [-0.05, 0) is 18.6 Å². The Morgan fingerprint density at radius 1 is 1.26 bits per heavy atom. The van der Waals surface area contributed by atoms with Gasteiger partial charge in [-0.1, -0.05) is 49.3 Å². The summed E-state index contributed by atoms with van der Waals surface area (Å²) >= 11 is 1.36. The number of nitrogens with zero attached hydrogens (tertiary/aromatic N) is 4. The Kier molecular flexibility index (Phi) is 6.12. The fraction of sp³-hybridized carbons (Fsp3) is 0.389. The molecule has 1 aliphatic heterocycles. The van der Waals surface area contributed by atoms with Crippen LogP contribution in [0.15, 0.2) is 35.4 Å². The molecule has 8 nitrogen and oxygen atoms in total. The molecular formula is C18H22N6O2S. The first kappa shape index (κ1) is 19.0. The molecule has 1 unspecified atom stereocenters. The van der Waals surface area contributed by atoms with Crippen LogP contribution in [0, 0.1) is 0 Å². The van der Waals surface area contributed by atoms with Crippen LogP contribution in [0.25, 0.3) is 0 Å². The Morgan fingerprint density at radius 2 is 2.04 bits per heavy atom. The van der Waals surface area contributed by atoms with Gasteiger partial charge in [-0.15, -0.1) is 10.2 Å². The predicted octanol–water partition coefficient (Wildman–Crippen LogP) is 2.33. The largest absolute Gasteiger partial charge is 0.368 e. The fourth-order valence-corrected chi connectivity index (χ4v) is 3.57. The summed E-state index contributed by atoms with van der Waals surface area (Å²) in [5.74, 6) is -0.921. The lowest BCUT2D eigenvalue weighted by molar-refractivity contribution is -0.119. The molecule has 0 spiro atoms. The van der Waals surface area contributed by atoms with Gasteiger partial charge >= 0.3 is 0 Å². The number of amides is 2. The highest BCUT2D eigenvalue weighted by Crippen LogP contribution is 2.25. The van der Waals surface area contributed by atoms with E-state index in [2.05, 4.69) is 27.5 Å². The van der Waals surface area contributed by atoms with E-state index in [1.807, 2.05) is 30.3 Å². The van der Waals surface area contributed by atoms with Crippen molar-refractivity contribution in [3.05, 3.63) is 35.3 Å². The van der Waals surface area contributed by atoms with Gasteiger partial charge in [-0.25, -0.2) is 0 Å². The minimum Gasteiger partial charge on any atom is -0.368 e. The van der Waals surface area contributed by atoms with Crippen LogP contribution in [0.4, 0.5) is 10.8 Å². The topological polar surface area (TPSA) is 114 Å². The van der Waals surface area contributed by atoms with E-state index in [-0.39, 0.29) is 12.1 Å². The number of unbranched alkanes of at least 4 members (excludes halogenated alkanes) is 2. The van der Waals surface area contributed by atoms with Crippen molar-refractivity contribution in [2.24, 2.45) is 10.8 Å². The third-order valence-electron chi connectivity index (χ3n) is 4.20. The SMILES string of the molecule is CCCCCc1nnc(NC(=O)C2=NN(c3ccccc3)C(C(N)=O)C2)s1. The average Bonchev–Trinajstić information content (AvgIpc) is 3.30. The maximum atomic E-state index is 12.5. The number of carbonyl (C=O) groups is 2. The molecule has 27 heavy (non-hydrogen) atoms. The molecule has 142 valence electrons. The van der Waals surface area contributed by atoms with Gasteiger partial charge in [0.25, 0.3) is 5.91 Å². The van der Waals surface area contributed by atoms with E-state index in [4.69, 9.17) is 5.73 Å². The summed E-state index contributed by atoms with van der Waals surface area (Å²) in [5.41, 5.74) is 6.44. The van der Waals surface area contributed by atoms with Crippen LogP contribution in [-0.2, 0) is 16.0 Å². The number of hydrazone groups is 1. The van der Waals surface area contributed by atoms with Gasteiger partial charge in [0.15, 0.2) is 0 Å². The molecule has 0 saturated heterocycles. The van der Waals surface area contributed by atoms with Gasteiger partial charge in [0.1, 0.15) is 16.8 Å². The molecule has 0 bridgehead atoms. The number of benzene rings is 1. The first-order valence-corrected chi connectivity index (χ1v) is 9.75. The van der Waals surface area contributed by atoms with E-state index in [1.165, 1.54) is 16.3 Å². The smallest absolute Gasteiger partial charge is 0.273 e. The molecular weight excluding hydrogens is 364 g/mol. The van der Waals surface area contributed by atoms with Crippen molar-refractivity contribution in [2.75, 3.05) is 10.3 Å². The number of hydrogen-bond donors (Lipinski definition) is 2. The number of anilines is 2. The summed E-state index contributed by atoms with van der Waals surface area (Å²) in [6.07, 6.45) is 4.34. The molecule has 1 atom stereocenters. The Labute approximate surface area is 161 Å². The van der Waals surface area contributed by atoms with Crippen molar-refractivity contribution in [3.63, 3.8) is 0 Å². The number of hydrogen-bond acceptors (Lipinski definition) is 7. The zero-order chi connectivity index (χ0) is 19.2. The van der Waals surface area contributed by atoms with Crippen LogP contribution >= 0.6 is 11.3 Å². The summed E-state index contributed by atoms with van der Waals surface area (Å²) in [4.78, 5) is 24.3. The van der Waals surface area contributed by atoms with Crippen LogP contribution in [-0.4, -0.2) is 33.8 Å². The van der Waals surface area contributed by atoms with Crippen LogP contribution in [0.2, 0.25) is 0 Å². The molecule has 3 rings (SSSR count). The third kappa shape index (κ3) is 4.68. The monoisotopic (exact) mass is 386 g/mol. The second-order valence-electron chi connectivity index (χ2n) is 6.26. The molecule has 0 radical (unpaired) electrons. The third-order valence-corrected chi connectivity index (χ3v) is 5.10. The standard InChI is InChI=1S/C18H22N6O2S/c1-2-3-5-10-15-21-22-18(27-15)20-17(26)13-11-14(16(19)25)24(23-13)12-8-6-4-7-9-12/h4,6-9,14H,2-3,5,10-11H2,1H3,(H2,19,25)(H,20,22,26). The van der Waals surface area contributed by atoms with E-state index >= 15 is 0 Å². The number of carbonyl (C=O) groups excluding carboxylic acids is 2. The van der Waals surface area contributed by atoms with E-state index < -0.39 is 17.9 Å². The van der Waals surface area contributed by atoms with Gasteiger partial charge in [0.2, 0.25) is 11.0 Å². The number of aryl methyl sites for hydroxylation is 1. The van der Waals surface area contributed by atoms with Crippen molar-refractivity contribution >= 4 is 39.7 Å². The van der Waals surface area contributed by atoms with Crippen LogP contribution in [0.3, 0.4) is 0 Å². The molecule has 2 aromatic rings. The fourth-order valence-electron chi connectivity index (χ4n) is 2.79. The van der Waals surface area contributed by atoms with E-state index in [1.54, 1.807) is 0 Å². The van der Waals surface area contributed by atoms with E-state index in [9.17, 15) is 9.59 Å². The second kappa shape index (κ2) is 8.72. The van der Waals surface area contributed by atoms with Crippen LogP contribution < -0.4 is 16.1 Å². The lowest BCUT2D eigenvalue weighted by atomic mass is 10.1. The highest BCUT2D eigenvalue weighted by Gasteiger charge is 2.35. The molecule has 1 aromatic heterocycles. The highest BCUT2D eigenvalue weighted by molar-refractivity contribution is 7.15. The molecule has 1 aliphatic rings. The zero-order valence-corrected chi connectivity index (χ0v) is 15.9. The minimum atomic E-state index is -0.688. The molecule has 0 fully saturated rings. The minimum absolute atomic E-state index is 0.151. The summed E-state index contributed by atoms with van der Waals surface area (Å²) in [5, 5.41) is 18.0. The first-order chi connectivity index (χ1) is 13.1. The second-order valence-corrected chi connectivity index (χ2v) is 7.32. The van der Waals surface area contributed by atoms with Gasteiger partial charge in [-0.3, -0.25) is 19.9 Å². The van der Waals surface area contributed by atoms with Gasteiger partial charge < -0.3 is 5.73 Å². The maximum absolute atomic E-state index is 12.5. The number of primary amides is 1. The Balaban J connectivity index is 1.68. The summed E-state index contributed by atoms with van der Waals surface area (Å²) in [6, 6.07) is 8.47. The van der Waals surface area contributed by atoms with E-state index in [0.29, 0.717) is 10.8 Å². The van der Waals surface area contributed by atoms with Crippen molar-refractivity contribution in [2.45, 2.75) is 45.1 Å². The van der Waals surface area contributed by atoms with E-state index in [0.717, 1.165) is 30.7 Å². The quantitative estimate of drug-likeness (QED) is 0.676. The molecule has 0 saturated carbocycles. The summed E-state index contributed by atoms with van der Waals surface area (Å²) < 4.78 is 0. The highest BCUT2D eigenvalue weighted by atomic mass is 32.1. The van der Waals surface area contributed by atoms with Crippen molar-refractivity contribution in [3.8, 4) is 0 Å². The normalized spacial score (nSPS) is 16.3. The van der Waals surface area contributed by atoms with Gasteiger partial charge in [0, 0.05) is 12.8 Å². The molecule has 0 aliphatic carbocycles. The van der Waals surface area contributed by atoms with Gasteiger partial charge in [-0.2, -0.15) is 5.10 Å².